The predicted molar refractivity (Wildman–Crippen MR) is 123 cm³/mol. The Morgan fingerprint density at radius 2 is 1.79 bits per heavy atom. The highest BCUT2D eigenvalue weighted by molar-refractivity contribution is 5.98. The molecule has 5 nitrogen and oxygen atoms in total. The van der Waals surface area contributed by atoms with E-state index in [1.54, 1.807) is 24.3 Å². The van der Waals surface area contributed by atoms with E-state index >= 15 is 0 Å². The Bertz CT molecular complexity index is 1370. The predicted octanol–water partition coefficient (Wildman–Crippen LogP) is 6.55. The van der Waals surface area contributed by atoms with E-state index in [1.165, 1.54) is 18.3 Å². The van der Waals surface area contributed by atoms with Crippen molar-refractivity contribution < 1.29 is 22.7 Å². The second-order valence-electron chi connectivity index (χ2n) is 8.51. The van der Waals surface area contributed by atoms with Crippen molar-refractivity contribution in [2.75, 3.05) is 0 Å². The van der Waals surface area contributed by atoms with Gasteiger partial charge in [0.25, 0.3) is 0 Å². The third-order valence-corrected chi connectivity index (χ3v) is 6.38. The van der Waals surface area contributed by atoms with Crippen LogP contribution in [0.15, 0.2) is 60.9 Å². The number of hydrogen-bond acceptors (Lipinski definition) is 3. The lowest BCUT2D eigenvalue weighted by Gasteiger charge is -2.15. The number of rotatable bonds is 5. The third-order valence-electron chi connectivity index (χ3n) is 6.38. The van der Waals surface area contributed by atoms with Crippen LogP contribution < -0.4 is 10.5 Å². The Morgan fingerprint density at radius 3 is 2.53 bits per heavy atom. The first kappa shape index (κ1) is 22.0. The van der Waals surface area contributed by atoms with Crippen molar-refractivity contribution in [3.8, 4) is 28.0 Å². The number of primary amides is 1. The maximum atomic E-state index is 12.9. The molecule has 2 aromatic carbocycles. The molecule has 8 heteroatoms. The summed E-state index contributed by atoms with van der Waals surface area (Å²) in [6.07, 6.45) is 2.79. The molecule has 1 fully saturated rings. The summed E-state index contributed by atoms with van der Waals surface area (Å²) in [7, 11) is 0. The fourth-order valence-corrected chi connectivity index (χ4v) is 4.84. The van der Waals surface area contributed by atoms with Gasteiger partial charge in [0.05, 0.1) is 0 Å². The van der Waals surface area contributed by atoms with Gasteiger partial charge in [0.1, 0.15) is 11.4 Å². The van der Waals surface area contributed by atoms with E-state index in [1.807, 2.05) is 18.3 Å². The van der Waals surface area contributed by atoms with Crippen LogP contribution in [-0.2, 0) is 0 Å². The number of nitrogens with one attached hydrogen (secondary N) is 1. The Balaban J connectivity index is 1.61. The molecule has 1 aliphatic carbocycles. The molecule has 0 bridgehead atoms. The first-order valence-electron chi connectivity index (χ1n) is 11.1. The number of alkyl halides is 3. The Morgan fingerprint density at radius 1 is 1.03 bits per heavy atom. The average molecular weight is 465 g/mol. The van der Waals surface area contributed by atoms with E-state index in [0.29, 0.717) is 16.8 Å². The average Bonchev–Trinajstić information content (AvgIpc) is 3.48. The maximum Gasteiger partial charge on any atom is 0.573 e. The van der Waals surface area contributed by atoms with Gasteiger partial charge in [0, 0.05) is 40.0 Å². The molecule has 0 atom stereocenters. The van der Waals surface area contributed by atoms with E-state index in [4.69, 9.17) is 5.73 Å². The number of aromatic nitrogens is 2. The highest BCUT2D eigenvalue weighted by Crippen LogP contribution is 2.40. The minimum atomic E-state index is -4.80. The number of hydrogen-bond donors (Lipinski definition) is 2. The molecular weight excluding hydrogens is 443 g/mol. The lowest BCUT2D eigenvalue weighted by molar-refractivity contribution is -0.274. The summed E-state index contributed by atoms with van der Waals surface area (Å²) in [4.78, 5) is 19.6. The zero-order chi connectivity index (χ0) is 23.9. The molecule has 4 aromatic rings. The smallest absolute Gasteiger partial charge is 0.405 e. The molecule has 1 saturated carbocycles. The van der Waals surface area contributed by atoms with Crippen LogP contribution in [0, 0.1) is 0 Å². The molecule has 5 rings (SSSR count). The quantitative estimate of drug-likeness (QED) is 0.351. The van der Waals surface area contributed by atoms with Crippen molar-refractivity contribution in [2.45, 2.75) is 38.0 Å². The molecule has 1 amide bonds. The molecule has 0 radical (unpaired) electrons. The lowest BCUT2D eigenvalue weighted by atomic mass is 9.89. The monoisotopic (exact) mass is 465 g/mol. The summed E-state index contributed by atoms with van der Waals surface area (Å²) in [6, 6.07) is 13.4. The first-order valence-corrected chi connectivity index (χ1v) is 11.1. The van der Waals surface area contributed by atoms with Gasteiger partial charge in [-0.05, 0) is 48.1 Å². The minimum Gasteiger partial charge on any atom is -0.405 e. The van der Waals surface area contributed by atoms with Crippen molar-refractivity contribution in [3.63, 3.8) is 0 Å². The maximum absolute atomic E-state index is 12.9. The van der Waals surface area contributed by atoms with Gasteiger partial charge in [-0.3, -0.25) is 4.79 Å². The van der Waals surface area contributed by atoms with Crippen molar-refractivity contribution in [3.05, 3.63) is 72.1 Å². The van der Waals surface area contributed by atoms with Crippen molar-refractivity contribution >= 4 is 16.9 Å². The van der Waals surface area contributed by atoms with Gasteiger partial charge in [-0.25, -0.2) is 4.98 Å². The van der Waals surface area contributed by atoms with Crippen LogP contribution in [0.1, 0.15) is 47.5 Å². The van der Waals surface area contributed by atoms with Crippen LogP contribution in [0.5, 0.6) is 5.75 Å². The molecule has 2 heterocycles. The Kier molecular flexibility index (Phi) is 5.51. The Labute approximate surface area is 193 Å². The number of para-hydroxylation sites is 1. The van der Waals surface area contributed by atoms with Gasteiger partial charge in [-0.15, -0.1) is 13.2 Å². The molecule has 34 heavy (non-hydrogen) atoms. The largest absolute Gasteiger partial charge is 0.573 e. The number of H-pyrrole nitrogens is 1. The molecule has 0 saturated heterocycles. The van der Waals surface area contributed by atoms with Crippen LogP contribution in [0.3, 0.4) is 0 Å². The molecule has 2 aromatic heterocycles. The van der Waals surface area contributed by atoms with Gasteiger partial charge in [-0.1, -0.05) is 43.2 Å². The van der Waals surface area contributed by atoms with Gasteiger partial charge in [-0.2, -0.15) is 0 Å². The second kappa shape index (κ2) is 8.52. The van der Waals surface area contributed by atoms with Crippen molar-refractivity contribution in [1.29, 1.82) is 0 Å². The van der Waals surface area contributed by atoms with Crippen LogP contribution in [0.25, 0.3) is 33.3 Å². The number of aromatic amines is 1. The van der Waals surface area contributed by atoms with Gasteiger partial charge in [0.15, 0.2) is 0 Å². The highest BCUT2D eigenvalue weighted by atomic mass is 19.4. The van der Waals surface area contributed by atoms with Crippen molar-refractivity contribution in [1.82, 2.24) is 9.97 Å². The fraction of sp³-hybridized carbons (Fsp3) is 0.231. The SMILES string of the molecule is NC(=O)c1ccc(-c2c[nH]c3ncc(-c4ccccc4OC(F)(F)F)cc23)cc1C1CCCC1. The number of amides is 1. The van der Waals surface area contributed by atoms with E-state index in [0.717, 1.165) is 47.8 Å². The minimum absolute atomic E-state index is 0.285. The number of carbonyl (C=O) groups excluding carboxylic acids is 1. The highest BCUT2D eigenvalue weighted by Gasteiger charge is 2.32. The number of nitrogens with zero attached hydrogens (tertiary/aromatic N) is 1. The summed E-state index contributed by atoms with van der Waals surface area (Å²) in [5.74, 6) is -0.451. The Hall–Kier alpha value is -3.81. The van der Waals surface area contributed by atoms with E-state index in [2.05, 4.69) is 14.7 Å². The number of nitrogens with two attached hydrogens (primary N) is 1. The number of benzene rings is 2. The number of halogens is 3. The molecule has 0 spiro atoms. The van der Waals surface area contributed by atoms with Gasteiger partial charge < -0.3 is 15.5 Å². The van der Waals surface area contributed by atoms with Crippen molar-refractivity contribution in [2.24, 2.45) is 5.73 Å². The standard InChI is InChI=1S/C26H22F3N3O2/c27-26(28,29)34-23-8-4-3-7-18(23)17-12-21-22(14-32-25(21)31-13-17)16-9-10-19(24(30)33)20(11-16)15-5-1-2-6-15/h3-4,7-15H,1-2,5-6H2,(H2,30,33)(H,31,32). The van der Waals surface area contributed by atoms with Gasteiger partial charge >= 0.3 is 6.36 Å². The van der Waals surface area contributed by atoms with Crippen LogP contribution in [0.4, 0.5) is 13.2 Å². The van der Waals surface area contributed by atoms with Crippen LogP contribution >= 0.6 is 0 Å². The van der Waals surface area contributed by atoms with Gasteiger partial charge in [0.2, 0.25) is 5.91 Å². The van der Waals surface area contributed by atoms with E-state index in [9.17, 15) is 18.0 Å². The lowest BCUT2D eigenvalue weighted by Crippen LogP contribution is -2.17. The number of pyridine rings is 1. The summed E-state index contributed by atoms with van der Waals surface area (Å²) in [5, 5.41) is 0.753. The van der Waals surface area contributed by atoms with E-state index < -0.39 is 12.3 Å². The summed E-state index contributed by atoms with van der Waals surface area (Å²) < 4.78 is 42.9. The fourth-order valence-electron chi connectivity index (χ4n) is 4.84. The normalized spacial score (nSPS) is 14.6. The number of fused-ring (bicyclic) bond motifs is 1. The summed E-state index contributed by atoms with van der Waals surface area (Å²) in [5.41, 5.74) is 10.2. The molecule has 0 unspecified atom stereocenters. The second-order valence-corrected chi connectivity index (χ2v) is 8.51. The first-order chi connectivity index (χ1) is 16.3. The molecule has 174 valence electrons. The zero-order valence-electron chi connectivity index (χ0n) is 18.2. The summed E-state index contributed by atoms with van der Waals surface area (Å²) >= 11 is 0. The molecule has 3 N–H and O–H groups in total. The van der Waals surface area contributed by atoms with Crippen LogP contribution in [-0.4, -0.2) is 22.2 Å². The molecular formula is C26H22F3N3O2. The topological polar surface area (TPSA) is 81.0 Å². The summed E-state index contributed by atoms with van der Waals surface area (Å²) in [6.45, 7) is 0. The third kappa shape index (κ3) is 4.23. The molecule has 0 aliphatic heterocycles. The zero-order valence-corrected chi connectivity index (χ0v) is 18.2. The van der Waals surface area contributed by atoms with Crippen LogP contribution in [0.2, 0.25) is 0 Å². The van der Waals surface area contributed by atoms with E-state index in [-0.39, 0.29) is 17.2 Å². The molecule has 1 aliphatic rings. The number of carbonyl (C=O) groups is 1. The number of ether oxygens (including phenoxy) is 1.